The molecule has 0 radical (unpaired) electrons. The highest BCUT2D eigenvalue weighted by Gasteiger charge is 2.29. The number of hydrogen-bond donors (Lipinski definition) is 1. The summed E-state index contributed by atoms with van der Waals surface area (Å²) < 4.78 is 5.13. The van der Waals surface area contributed by atoms with Crippen LogP contribution in [0.2, 0.25) is 5.02 Å². The zero-order valence-corrected chi connectivity index (χ0v) is 15.7. The van der Waals surface area contributed by atoms with E-state index in [4.69, 9.17) is 16.3 Å². The molecule has 1 aliphatic heterocycles. The lowest BCUT2D eigenvalue weighted by molar-refractivity contribution is -0.111. The molecule has 0 bridgehead atoms. The molecule has 5 nitrogen and oxygen atoms in total. The number of benzene rings is 2. The van der Waals surface area contributed by atoms with Crippen molar-refractivity contribution in [3.63, 3.8) is 0 Å². The third kappa shape index (κ3) is 4.38. The van der Waals surface area contributed by atoms with Crippen LogP contribution in [-0.2, 0) is 4.79 Å². The van der Waals surface area contributed by atoms with E-state index in [0.717, 1.165) is 16.9 Å². The van der Waals surface area contributed by atoms with E-state index in [1.54, 1.807) is 50.7 Å². The molecule has 3 rings (SSSR count). The number of ketones is 1. The molecular weight excluding hydrogens is 364 g/mol. The first kappa shape index (κ1) is 18.7. The minimum atomic E-state index is -0.529. The molecule has 0 aromatic heterocycles. The van der Waals surface area contributed by atoms with E-state index in [1.807, 2.05) is 24.3 Å². The predicted molar refractivity (Wildman–Crippen MR) is 106 cm³/mol. The highest BCUT2D eigenvalue weighted by Crippen LogP contribution is 2.28. The molecule has 0 saturated heterocycles. The van der Waals surface area contributed by atoms with E-state index in [1.165, 1.54) is 11.0 Å². The molecule has 1 N–H and O–H groups in total. The number of carbonyl (C=O) groups excluding carboxylic acids is 2. The van der Waals surface area contributed by atoms with Crippen molar-refractivity contribution in [2.24, 2.45) is 0 Å². The van der Waals surface area contributed by atoms with Gasteiger partial charge in [0.05, 0.1) is 13.2 Å². The van der Waals surface area contributed by atoms with Crippen molar-refractivity contribution in [3.8, 4) is 5.75 Å². The van der Waals surface area contributed by atoms with Gasteiger partial charge in [-0.3, -0.25) is 4.79 Å². The molecule has 0 saturated carbocycles. The number of nitrogens with zero attached hydrogens (tertiary/aromatic N) is 1. The summed E-state index contributed by atoms with van der Waals surface area (Å²) in [5.74, 6) is 0.568. The van der Waals surface area contributed by atoms with Crippen molar-refractivity contribution >= 4 is 29.5 Å². The van der Waals surface area contributed by atoms with Gasteiger partial charge in [-0.15, -0.1) is 0 Å². The summed E-state index contributed by atoms with van der Waals surface area (Å²) in [6, 6.07) is 13.6. The molecular formula is C21H19ClN2O3. The molecule has 1 aliphatic rings. The van der Waals surface area contributed by atoms with Gasteiger partial charge in [-0.25, -0.2) is 4.79 Å². The topological polar surface area (TPSA) is 58.6 Å². The fourth-order valence-electron chi connectivity index (χ4n) is 2.75. The number of amides is 2. The molecule has 27 heavy (non-hydrogen) atoms. The quantitative estimate of drug-likeness (QED) is 0.788. The monoisotopic (exact) mass is 382 g/mol. The Morgan fingerprint density at radius 3 is 2.44 bits per heavy atom. The molecule has 0 unspecified atom stereocenters. The fraction of sp³-hybridized carbons (Fsp3) is 0.143. The van der Waals surface area contributed by atoms with Crippen molar-refractivity contribution in [1.29, 1.82) is 0 Å². The fourth-order valence-corrected chi connectivity index (χ4v) is 2.88. The predicted octanol–water partition coefficient (Wildman–Crippen LogP) is 4.21. The first-order chi connectivity index (χ1) is 13.0. The van der Waals surface area contributed by atoms with E-state index in [0.29, 0.717) is 10.6 Å². The number of ether oxygens (including phenoxy) is 1. The van der Waals surface area contributed by atoms with E-state index in [9.17, 15) is 9.59 Å². The summed E-state index contributed by atoms with van der Waals surface area (Å²) >= 11 is 5.94. The van der Waals surface area contributed by atoms with Crippen molar-refractivity contribution in [3.05, 3.63) is 82.5 Å². The highest BCUT2D eigenvalue weighted by atomic mass is 35.5. The van der Waals surface area contributed by atoms with Crippen molar-refractivity contribution in [2.45, 2.75) is 6.04 Å². The van der Waals surface area contributed by atoms with Crippen LogP contribution in [0.15, 0.2) is 66.4 Å². The first-order valence-corrected chi connectivity index (χ1v) is 8.72. The summed E-state index contributed by atoms with van der Waals surface area (Å²) in [7, 11) is 3.21. The molecule has 0 aliphatic carbocycles. The number of nitrogens with one attached hydrogen (secondary N) is 1. The third-order valence-corrected chi connectivity index (χ3v) is 4.51. The maximum absolute atomic E-state index is 12.8. The second kappa shape index (κ2) is 8.10. The second-order valence-corrected chi connectivity index (χ2v) is 6.54. The molecule has 1 atom stereocenters. The van der Waals surface area contributed by atoms with Crippen LogP contribution < -0.4 is 10.1 Å². The van der Waals surface area contributed by atoms with Gasteiger partial charge < -0.3 is 15.0 Å². The minimum Gasteiger partial charge on any atom is -0.497 e. The molecule has 2 aromatic carbocycles. The summed E-state index contributed by atoms with van der Waals surface area (Å²) in [4.78, 5) is 26.2. The van der Waals surface area contributed by atoms with Gasteiger partial charge in [0, 0.05) is 23.8 Å². The zero-order chi connectivity index (χ0) is 19.4. The zero-order valence-electron chi connectivity index (χ0n) is 15.0. The average Bonchev–Trinajstić information content (AvgIpc) is 2.69. The lowest BCUT2D eigenvalue weighted by Crippen LogP contribution is -2.43. The Hall–Kier alpha value is -3.05. The maximum Gasteiger partial charge on any atom is 0.321 e. The van der Waals surface area contributed by atoms with Crippen molar-refractivity contribution in [2.75, 3.05) is 14.2 Å². The average molecular weight is 383 g/mol. The Labute approximate surface area is 162 Å². The Bertz CT molecular complexity index is 902. The largest absolute Gasteiger partial charge is 0.497 e. The van der Waals surface area contributed by atoms with Gasteiger partial charge in [0.2, 0.25) is 0 Å². The molecule has 0 fully saturated rings. The Morgan fingerprint density at radius 1 is 1.15 bits per heavy atom. The molecule has 0 spiro atoms. The van der Waals surface area contributed by atoms with Crippen LogP contribution in [-0.4, -0.2) is 30.9 Å². The maximum atomic E-state index is 12.8. The summed E-state index contributed by atoms with van der Waals surface area (Å²) in [5.41, 5.74) is 2.14. The van der Waals surface area contributed by atoms with Gasteiger partial charge >= 0.3 is 6.03 Å². The molecule has 2 aromatic rings. The van der Waals surface area contributed by atoms with Crippen LogP contribution in [0.25, 0.3) is 6.08 Å². The Kier molecular flexibility index (Phi) is 5.62. The van der Waals surface area contributed by atoms with Gasteiger partial charge in [-0.05, 0) is 41.5 Å². The number of rotatable bonds is 5. The number of carbonyl (C=O) groups is 2. The smallest absolute Gasteiger partial charge is 0.321 e. The number of allylic oxidation sites excluding steroid dienone is 1. The Morgan fingerprint density at radius 2 is 1.81 bits per heavy atom. The standard InChI is InChI=1S/C21H19ClN2O3/c1-24-13-18(19(25)12-5-14-3-10-17(27-2)11-4-14)20(23-21(24)26)15-6-8-16(22)9-7-15/h3-13,20H,1-2H3,(H,23,26)/b12-5+/t20-/m1/s1. The highest BCUT2D eigenvalue weighted by molar-refractivity contribution is 6.30. The number of halogens is 1. The summed E-state index contributed by atoms with van der Waals surface area (Å²) in [6.45, 7) is 0. The molecule has 6 heteroatoms. The second-order valence-electron chi connectivity index (χ2n) is 6.10. The van der Waals surface area contributed by atoms with E-state index >= 15 is 0 Å². The Balaban J connectivity index is 1.86. The molecule has 1 heterocycles. The van der Waals surface area contributed by atoms with Crippen LogP contribution in [0.5, 0.6) is 5.75 Å². The number of urea groups is 1. The van der Waals surface area contributed by atoms with Crippen LogP contribution in [0.4, 0.5) is 4.79 Å². The summed E-state index contributed by atoms with van der Waals surface area (Å²) in [6.07, 6.45) is 4.80. The van der Waals surface area contributed by atoms with E-state index in [2.05, 4.69) is 5.32 Å². The van der Waals surface area contributed by atoms with Gasteiger partial charge in [-0.1, -0.05) is 41.9 Å². The van der Waals surface area contributed by atoms with Gasteiger partial charge in [0.15, 0.2) is 5.78 Å². The van der Waals surface area contributed by atoms with Crippen LogP contribution in [0, 0.1) is 0 Å². The van der Waals surface area contributed by atoms with Gasteiger partial charge in [0.25, 0.3) is 0 Å². The van der Waals surface area contributed by atoms with E-state index in [-0.39, 0.29) is 11.8 Å². The van der Waals surface area contributed by atoms with Crippen LogP contribution in [0.3, 0.4) is 0 Å². The van der Waals surface area contributed by atoms with Gasteiger partial charge in [0.1, 0.15) is 5.75 Å². The SMILES string of the molecule is COc1ccc(/C=C/C(=O)C2=CN(C)C(=O)N[C@@H]2c2ccc(Cl)cc2)cc1. The van der Waals surface area contributed by atoms with Crippen molar-refractivity contribution < 1.29 is 14.3 Å². The third-order valence-electron chi connectivity index (χ3n) is 4.26. The molecule has 138 valence electrons. The van der Waals surface area contributed by atoms with Gasteiger partial charge in [-0.2, -0.15) is 0 Å². The number of hydrogen-bond acceptors (Lipinski definition) is 3. The van der Waals surface area contributed by atoms with E-state index < -0.39 is 6.04 Å². The summed E-state index contributed by atoms with van der Waals surface area (Å²) in [5, 5.41) is 3.44. The van der Waals surface area contributed by atoms with Crippen LogP contribution >= 0.6 is 11.6 Å². The normalized spacial score (nSPS) is 16.9. The minimum absolute atomic E-state index is 0.183. The molecule has 2 amide bonds. The van der Waals surface area contributed by atoms with Crippen molar-refractivity contribution in [1.82, 2.24) is 10.2 Å². The first-order valence-electron chi connectivity index (χ1n) is 8.35. The lowest BCUT2D eigenvalue weighted by atomic mass is 9.94. The number of methoxy groups -OCH3 is 1. The lowest BCUT2D eigenvalue weighted by Gasteiger charge is -2.29. The van der Waals surface area contributed by atoms with Crippen LogP contribution in [0.1, 0.15) is 17.2 Å².